The zero-order chi connectivity index (χ0) is 11.1. The van der Waals surface area contributed by atoms with Crippen molar-refractivity contribution in [2.45, 2.75) is 12.8 Å². The van der Waals surface area contributed by atoms with E-state index in [0.717, 1.165) is 0 Å². The van der Waals surface area contributed by atoms with Crippen LogP contribution in [0.4, 0.5) is 5.69 Å². The Morgan fingerprint density at radius 2 is 1.81 bits per heavy atom. The molecule has 0 aromatic carbocycles. The van der Waals surface area contributed by atoms with Gasteiger partial charge in [-0.05, 0) is 31.0 Å². The van der Waals surface area contributed by atoms with Crippen LogP contribution >= 0.6 is 0 Å². The van der Waals surface area contributed by atoms with Gasteiger partial charge in [0.25, 0.3) is 0 Å². The Bertz CT molecular complexity index is 337. The van der Waals surface area contributed by atoms with Gasteiger partial charge in [-0.2, -0.15) is 0 Å². The van der Waals surface area contributed by atoms with E-state index in [1.54, 1.807) is 12.4 Å². The summed E-state index contributed by atoms with van der Waals surface area (Å²) in [5.41, 5.74) is 1.34. The normalized spacial score (nSPS) is 14.4. The molecule has 1 saturated heterocycles. The molecule has 1 N–H and O–H groups in total. The Morgan fingerprint density at radius 3 is 2.25 bits per heavy atom. The number of aromatic nitrogens is 2. The number of anilines is 1. The lowest BCUT2D eigenvalue weighted by Gasteiger charge is -2.13. The van der Waals surface area contributed by atoms with Crippen molar-refractivity contribution in [3.05, 3.63) is 49.1 Å². The molecule has 84 valence electrons. The van der Waals surface area contributed by atoms with Gasteiger partial charge in [0.1, 0.15) is 0 Å². The van der Waals surface area contributed by atoms with E-state index in [-0.39, 0.29) is 0 Å². The van der Waals surface area contributed by atoms with Crippen molar-refractivity contribution in [2.24, 2.45) is 0 Å². The first-order valence-electron chi connectivity index (χ1n) is 5.69. The lowest BCUT2D eigenvalue weighted by Crippen LogP contribution is -2.16. The maximum Gasteiger partial charge on any atom is 0.0543 e. The number of nitrogens with one attached hydrogen (secondary N) is 1. The molecule has 0 amide bonds. The highest BCUT2D eigenvalue weighted by Crippen LogP contribution is 2.18. The average molecular weight is 215 g/mol. The minimum Gasteiger partial charge on any atom is -0.370 e. The Kier molecular flexibility index (Phi) is 4.00. The van der Waals surface area contributed by atoms with E-state index >= 15 is 0 Å². The average Bonchev–Trinajstić information content (AvgIpc) is 3.05. The fourth-order valence-electron chi connectivity index (χ4n) is 1.80. The highest BCUT2D eigenvalue weighted by molar-refractivity contribution is 5.44. The minimum absolute atomic E-state index is 1.23. The molecule has 2 aromatic heterocycles. The van der Waals surface area contributed by atoms with Gasteiger partial charge in [0.2, 0.25) is 0 Å². The number of rotatable bonds is 1. The lowest BCUT2D eigenvalue weighted by atomic mass is 10.4. The van der Waals surface area contributed by atoms with Crippen LogP contribution < -0.4 is 4.90 Å². The van der Waals surface area contributed by atoms with Gasteiger partial charge in [0, 0.05) is 37.9 Å². The number of hydrogen-bond donors (Lipinski definition) is 1. The van der Waals surface area contributed by atoms with Crippen molar-refractivity contribution >= 4 is 5.69 Å². The van der Waals surface area contributed by atoms with Gasteiger partial charge < -0.3 is 9.88 Å². The number of aromatic amines is 1. The van der Waals surface area contributed by atoms with E-state index in [1.807, 2.05) is 24.4 Å². The first kappa shape index (κ1) is 10.7. The molecule has 1 aliphatic rings. The van der Waals surface area contributed by atoms with Crippen molar-refractivity contribution in [2.75, 3.05) is 18.0 Å². The second-order valence-electron chi connectivity index (χ2n) is 3.79. The number of pyridine rings is 1. The Labute approximate surface area is 96.1 Å². The molecule has 3 heterocycles. The largest absolute Gasteiger partial charge is 0.370 e. The third kappa shape index (κ3) is 3.12. The fraction of sp³-hybridized carbons (Fsp3) is 0.308. The quantitative estimate of drug-likeness (QED) is 0.793. The van der Waals surface area contributed by atoms with Crippen LogP contribution in [-0.4, -0.2) is 23.1 Å². The van der Waals surface area contributed by atoms with Crippen molar-refractivity contribution in [3.8, 4) is 0 Å². The maximum atomic E-state index is 3.78. The van der Waals surface area contributed by atoms with E-state index in [4.69, 9.17) is 0 Å². The van der Waals surface area contributed by atoms with E-state index < -0.39 is 0 Å². The van der Waals surface area contributed by atoms with Gasteiger partial charge in [-0.25, -0.2) is 0 Å². The summed E-state index contributed by atoms with van der Waals surface area (Å²) in [6.07, 6.45) is 10.2. The van der Waals surface area contributed by atoms with Crippen LogP contribution in [0.5, 0.6) is 0 Å². The van der Waals surface area contributed by atoms with Crippen LogP contribution in [0.3, 0.4) is 0 Å². The second kappa shape index (κ2) is 5.95. The molecule has 0 bridgehead atoms. The maximum absolute atomic E-state index is 3.78. The number of hydrogen-bond acceptors (Lipinski definition) is 2. The fourth-order valence-corrected chi connectivity index (χ4v) is 1.80. The van der Waals surface area contributed by atoms with Gasteiger partial charge >= 0.3 is 0 Å². The summed E-state index contributed by atoms with van der Waals surface area (Å²) >= 11 is 0. The Morgan fingerprint density at radius 1 is 1.06 bits per heavy atom. The van der Waals surface area contributed by atoms with Gasteiger partial charge in [-0.3, -0.25) is 4.98 Å². The van der Waals surface area contributed by atoms with E-state index in [0.29, 0.717) is 0 Å². The molecular formula is C13H17N3. The summed E-state index contributed by atoms with van der Waals surface area (Å²) in [5.74, 6) is 0. The first-order valence-corrected chi connectivity index (χ1v) is 5.69. The summed E-state index contributed by atoms with van der Waals surface area (Å²) in [4.78, 5) is 9.26. The smallest absolute Gasteiger partial charge is 0.0543 e. The highest BCUT2D eigenvalue weighted by atomic mass is 15.1. The molecule has 16 heavy (non-hydrogen) atoms. The number of H-pyrrole nitrogens is 1. The summed E-state index contributed by atoms with van der Waals surface area (Å²) in [5, 5.41) is 0. The highest BCUT2D eigenvalue weighted by Gasteiger charge is 2.11. The van der Waals surface area contributed by atoms with Crippen LogP contribution in [0.15, 0.2) is 49.1 Å². The molecule has 3 nitrogen and oxygen atoms in total. The Hall–Kier alpha value is -1.77. The van der Waals surface area contributed by atoms with Gasteiger partial charge in [0.05, 0.1) is 5.69 Å². The zero-order valence-corrected chi connectivity index (χ0v) is 9.34. The van der Waals surface area contributed by atoms with E-state index in [9.17, 15) is 0 Å². The molecule has 1 aliphatic heterocycles. The SMILES string of the molecule is c1cc(N2CCCC2)c[nH]1.c1ccncc1. The van der Waals surface area contributed by atoms with Gasteiger partial charge in [-0.1, -0.05) is 6.07 Å². The van der Waals surface area contributed by atoms with E-state index in [1.165, 1.54) is 31.6 Å². The zero-order valence-electron chi connectivity index (χ0n) is 9.34. The molecule has 0 saturated carbocycles. The molecule has 0 atom stereocenters. The van der Waals surface area contributed by atoms with Crippen molar-refractivity contribution in [1.82, 2.24) is 9.97 Å². The van der Waals surface area contributed by atoms with Crippen molar-refractivity contribution < 1.29 is 0 Å². The first-order chi connectivity index (χ1) is 7.97. The molecule has 0 spiro atoms. The van der Waals surface area contributed by atoms with E-state index in [2.05, 4.69) is 27.1 Å². The lowest BCUT2D eigenvalue weighted by molar-refractivity contribution is 0.949. The standard InChI is InChI=1S/C8H12N2.C5H5N/c1-2-6-10(5-1)8-3-4-9-7-8;1-2-4-6-5-3-1/h3-4,7,9H,1-2,5-6H2;1-5H. The van der Waals surface area contributed by atoms with Crippen LogP contribution in [-0.2, 0) is 0 Å². The molecule has 3 heteroatoms. The summed E-state index contributed by atoms with van der Waals surface area (Å²) < 4.78 is 0. The number of nitrogens with zero attached hydrogens (tertiary/aromatic N) is 2. The molecule has 0 radical (unpaired) electrons. The van der Waals surface area contributed by atoms with Gasteiger partial charge in [-0.15, -0.1) is 0 Å². The molecule has 0 aliphatic carbocycles. The van der Waals surface area contributed by atoms with Crippen molar-refractivity contribution in [1.29, 1.82) is 0 Å². The summed E-state index contributed by atoms with van der Waals surface area (Å²) in [7, 11) is 0. The van der Waals surface area contributed by atoms with Crippen LogP contribution in [0.25, 0.3) is 0 Å². The van der Waals surface area contributed by atoms with Gasteiger partial charge in [0.15, 0.2) is 0 Å². The van der Waals surface area contributed by atoms with Crippen LogP contribution in [0.2, 0.25) is 0 Å². The predicted octanol–water partition coefficient (Wildman–Crippen LogP) is 2.70. The monoisotopic (exact) mass is 215 g/mol. The molecule has 0 unspecified atom stereocenters. The molecule has 2 aromatic rings. The molecule has 1 fully saturated rings. The summed E-state index contributed by atoms with van der Waals surface area (Å²) in [6, 6.07) is 7.85. The third-order valence-electron chi connectivity index (χ3n) is 2.62. The third-order valence-corrected chi connectivity index (χ3v) is 2.62. The van der Waals surface area contributed by atoms with Crippen LogP contribution in [0.1, 0.15) is 12.8 Å². The topological polar surface area (TPSA) is 31.9 Å². The molecule has 3 rings (SSSR count). The Balaban J connectivity index is 0.000000138. The second-order valence-corrected chi connectivity index (χ2v) is 3.79. The predicted molar refractivity (Wildman–Crippen MR) is 66.5 cm³/mol. The minimum atomic E-state index is 1.23. The molecular weight excluding hydrogens is 198 g/mol. The van der Waals surface area contributed by atoms with Crippen molar-refractivity contribution in [3.63, 3.8) is 0 Å². The van der Waals surface area contributed by atoms with Crippen LogP contribution in [0, 0.1) is 0 Å². The summed E-state index contributed by atoms with van der Waals surface area (Å²) in [6.45, 7) is 2.47.